The second-order valence-corrected chi connectivity index (χ2v) is 8.93. The lowest BCUT2D eigenvalue weighted by Crippen LogP contribution is -2.30. The highest BCUT2D eigenvalue weighted by Gasteiger charge is 2.13. The molecule has 3 aromatic rings. The molecule has 9 heteroatoms. The zero-order valence-corrected chi connectivity index (χ0v) is 21.5. The van der Waals surface area contributed by atoms with Crippen molar-refractivity contribution in [2.45, 2.75) is 33.1 Å². The van der Waals surface area contributed by atoms with Crippen LogP contribution in [0.4, 0.5) is 0 Å². The van der Waals surface area contributed by atoms with E-state index in [4.69, 9.17) is 14.2 Å². The van der Waals surface area contributed by atoms with Crippen LogP contribution in [0.25, 0.3) is 11.4 Å². The molecule has 0 saturated carbocycles. The molecule has 0 aliphatic rings. The Morgan fingerprint density at radius 3 is 2.36 bits per heavy atom. The van der Waals surface area contributed by atoms with Crippen molar-refractivity contribution in [2.24, 2.45) is 5.92 Å². The number of nitrogens with one attached hydrogen (secondary N) is 1. The highest BCUT2D eigenvalue weighted by Crippen LogP contribution is 2.27. The number of amides is 1. The Morgan fingerprint density at radius 1 is 1.00 bits per heavy atom. The van der Waals surface area contributed by atoms with Crippen LogP contribution in [0.15, 0.2) is 47.3 Å². The van der Waals surface area contributed by atoms with Crippen molar-refractivity contribution in [3.05, 3.63) is 64.1 Å². The predicted molar refractivity (Wildman–Crippen MR) is 138 cm³/mol. The summed E-state index contributed by atoms with van der Waals surface area (Å²) in [5.41, 5.74) is 1.65. The fourth-order valence-electron chi connectivity index (χ4n) is 3.50. The molecule has 0 saturated heterocycles. The smallest absolute Gasteiger partial charge is 0.273 e. The molecule has 2 aromatic carbocycles. The lowest BCUT2D eigenvalue weighted by Gasteiger charge is -2.17. The summed E-state index contributed by atoms with van der Waals surface area (Å²) >= 11 is 0. The maximum atomic E-state index is 12.6. The van der Waals surface area contributed by atoms with Gasteiger partial charge in [-0.3, -0.25) is 9.59 Å². The summed E-state index contributed by atoms with van der Waals surface area (Å²) in [7, 11) is 4.93. The Bertz CT molecular complexity index is 1210. The highest BCUT2D eigenvalue weighted by molar-refractivity contribution is 5.76. The minimum atomic E-state index is -0.346. The third-order valence-electron chi connectivity index (χ3n) is 5.66. The average molecular weight is 495 g/mol. The van der Waals surface area contributed by atoms with Crippen molar-refractivity contribution in [3.8, 4) is 28.6 Å². The number of benzene rings is 2. The standard InChI is InChI=1S/C27H34N4O5/c1-18(2)17-36-21-9-7-20(8-10-21)26-28-27(33)22(29-30-26)11-13-25(32)31(3)15-14-19-6-12-23(34-4)24(16-19)35-5/h6-10,12,16,18H,11,13-15,17H2,1-5H3,(H,28,30,33). The molecule has 0 aliphatic carbocycles. The number of hydrogen-bond donors (Lipinski definition) is 1. The number of aryl methyl sites for hydroxylation is 1. The summed E-state index contributed by atoms with van der Waals surface area (Å²) in [6.45, 7) is 5.34. The van der Waals surface area contributed by atoms with Crippen molar-refractivity contribution in [2.75, 3.05) is 34.4 Å². The van der Waals surface area contributed by atoms with Crippen LogP contribution in [-0.4, -0.2) is 60.4 Å². The van der Waals surface area contributed by atoms with E-state index in [0.717, 1.165) is 16.9 Å². The van der Waals surface area contributed by atoms with Crippen molar-refractivity contribution in [3.63, 3.8) is 0 Å². The largest absolute Gasteiger partial charge is 0.493 e. The zero-order chi connectivity index (χ0) is 26.1. The number of nitrogens with zero attached hydrogens (tertiary/aromatic N) is 3. The van der Waals surface area contributed by atoms with E-state index in [1.807, 2.05) is 42.5 Å². The van der Waals surface area contributed by atoms with Crippen LogP contribution in [0, 0.1) is 5.92 Å². The number of aromatic nitrogens is 3. The number of carbonyl (C=O) groups is 1. The summed E-state index contributed by atoms with van der Waals surface area (Å²) in [6, 6.07) is 13.0. The third kappa shape index (κ3) is 7.31. The first-order valence-corrected chi connectivity index (χ1v) is 11.9. The van der Waals surface area contributed by atoms with Crippen LogP contribution in [0.1, 0.15) is 31.5 Å². The van der Waals surface area contributed by atoms with Crippen LogP contribution in [0.3, 0.4) is 0 Å². The molecule has 0 radical (unpaired) electrons. The van der Waals surface area contributed by atoms with E-state index in [1.165, 1.54) is 0 Å². The fourth-order valence-corrected chi connectivity index (χ4v) is 3.50. The summed E-state index contributed by atoms with van der Waals surface area (Å²) < 4.78 is 16.3. The third-order valence-corrected chi connectivity index (χ3v) is 5.66. The van der Waals surface area contributed by atoms with E-state index >= 15 is 0 Å². The van der Waals surface area contributed by atoms with Crippen molar-refractivity contribution in [1.82, 2.24) is 20.1 Å². The summed E-state index contributed by atoms with van der Waals surface area (Å²) in [5.74, 6) is 2.81. The Hall–Kier alpha value is -3.88. The van der Waals surface area contributed by atoms with Crippen molar-refractivity contribution in [1.29, 1.82) is 0 Å². The van der Waals surface area contributed by atoms with E-state index in [2.05, 4.69) is 29.0 Å². The van der Waals surface area contributed by atoms with Crippen LogP contribution < -0.4 is 19.8 Å². The van der Waals surface area contributed by atoms with Gasteiger partial charge in [-0.15, -0.1) is 10.2 Å². The van der Waals surface area contributed by atoms with Crippen molar-refractivity contribution >= 4 is 5.91 Å². The first-order chi connectivity index (χ1) is 17.3. The summed E-state index contributed by atoms with van der Waals surface area (Å²) in [6.07, 6.45) is 1.05. The molecule has 0 aliphatic heterocycles. The molecule has 1 amide bonds. The first-order valence-electron chi connectivity index (χ1n) is 11.9. The van der Waals surface area contributed by atoms with Gasteiger partial charge in [0.1, 0.15) is 11.4 Å². The van der Waals surface area contributed by atoms with E-state index < -0.39 is 0 Å². The van der Waals surface area contributed by atoms with Crippen LogP contribution in [0.5, 0.6) is 17.2 Å². The van der Waals surface area contributed by atoms with Gasteiger partial charge < -0.3 is 24.1 Å². The maximum absolute atomic E-state index is 12.6. The molecule has 0 fully saturated rings. The quantitative estimate of drug-likeness (QED) is 0.411. The second-order valence-electron chi connectivity index (χ2n) is 8.93. The minimum Gasteiger partial charge on any atom is -0.493 e. The van der Waals surface area contributed by atoms with E-state index in [9.17, 15) is 9.59 Å². The van der Waals surface area contributed by atoms with Gasteiger partial charge in [0.25, 0.3) is 5.56 Å². The molecule has 1 heterocycles. The number of likely N-dealkylation sites (N-methyl/N-ethyl adjacent to an activating group) is 1. The van der Waals surface area contributed by atoms with E-state index in [0.29, 0.717) is 42.8 Å². The van der Waals surface area contributed by atoms with Gasteiger partial charge in [-0.05, 0) is 54.3 Å². The Balaban J connectivity index is 1.53. The molecule has 36 heavy (non-hydrogen) atoms. The first kappa shape index (κ1) is 26.7. The Morgan fingerprint density at radius 2 is 1.72 bits per heavy atom. The zero-order valence-electron chi connectivity index (χ0n) is 21.5. The van der Waals surface area contributed by atoms with Gasteiger partial charge in [0.2, 0.25) is 5.91 Å². The number of carbonyl (C=O) groups excluding carboxylic acids is 1. The van der Waals surface area contributed by atoms with Gasteiger partial charge >= 0.3 is 0 Å². The van der Waals surface area contributed by atoms with Gasteiger partial charge in [0.15, 0.2) is 17.3 Å². The normalized spacial score (nSPS) is 10.8. The number of methoxy groups -OCH3 is 2. The second kappa shape index (κ2) is 12.7. The molecule has 0 bridgehead atoms. The summed E-state index contributed by atoms with van der Waals surface area (Å²) in [5, 5.41) is 8.22. The minimum absolute atomic E-state index is 0.0715. The number of rotatable bonds is 12. The van der Waals surface area contributed by atoms with Gasteiger partial charge in [-0.25, -0.2) is 0 Å². The number of ether oxygens (including phenoxy) is 3. The van der Waals surface area contributed by atoms with E-state index in [1.54, 1.807) is 26.2 Å². The number of aromatic amines is 1. The van der Waals surface area contributed by atoms with Gasteiger partial charge in [-0.1, -0.05) is 19.9 Å². The fraction of sp³-hybridized carbons (Fsp3) is 0.407. The monoisotopic (exact) mass is 494 g/mol. The molecular weight excluding hydrogens is 460 g/mol. The molecule has 0 atom stereocenters. The topological polar surface area (TPSA) is 107 Å². The lowest BCUT2D eigenvalue weighted by molar-refractivity contribution is -0.129. The predicted octanol–water partition coefficient (Wildman–Crippen LogP) is 3.52. The molecule has 0 unspecified atom stereocenters. The van der Waals surface area contributed by atoms with Gasteiger partial charge in [0.05, 0.1) is 20.8 Å². The molecule has 192 valence electrons. The van der Waals surface area contributed by atoms with Gasteiger partial charge in [0, 0.05) is 32.0 Å². The number of H-pyrrole nitrogens is 1. The van der Waals surface area contributed by atoms with Crippen LogP contribution in [-0.2, 0) is 17.6 Å². The average Bonchev–Trinajstić information content (AvgIpc) is 2.89. The molecule has 0 spiro atoms. The molecule has 9 nitrogen and oxygen atoms in total. The SMILES string of the molecule is COc1ccc(CCN(C)C(=O)CCc2nnc(-c3ccc(OCC(C)C)cc3)[nH]c2=O)cc1OC. The van der Waals surface area contributed by atoms with E-state index in [-0.39, 0.29) is 30.0 Å². The number of hydrogen-bond acceptors (Lipinski definition) is 7. The molecule has 1 N–H and O–H groups in total. The molecular formula is C27H34N4O5. The van der Waals surface area contributed by atoms with Gasteiger partial charge in [-0.2, -0.15) is 0 Å². The molecule has 1 aromatic heterocycles. The Kier molecular flexibility index (Phi) is 9.44. The lowest BCUT2D eigenvalue weighted by atomic mass is 10.1. The van der Waals surface area contributed by atoms with Crippen LogP contribution >= 0.6 is 0 Å². The van der Waals surface area contributed by atoms with Crippen molar-refractivity contribution < 1.29 is 19.0 Å². The Labute approximate surface area is 211 Å². The highest BCUT2D eigenvalue weighted by atomic mass is 16.5. The summed E-state index contributed by atoms with van der Waals surface area (Å²) in [4.78, 5) is 29.5. The molecule has 3 rings (SSSR count). The maximum Gasteiger partial charge on any atom is 0.273 e. The van der Waals surface area contributed by atoms with Crippen LogP contribution in [0.2, 0.25) is 0 Å².